The van der Waals surface area contributed by atoms with E-state index >= 15 is 0 Å². The molecule has 2 aromatic carbocycles. The molecule has 0 spiro atoms. The van der Waals surface area contributed by atoms with Crippen molar-refractivity contribution in [3.63, 3.8) is 0 Å². The second kappa shape index (κ2) is 12.8. The van der Waals surface area contributed by atoms with Gasteiger partial charge in [-0.2, -0.15) is 0 Å². The number of piperidine rings is 1. The van der Waals surface area contributed by atoms with E-state index in [1.807, 2.05) is 11.4 Å². The van der Waals surface area contributed by atoms with E-state index in [4.69, 9.17) is 10.5 Å². The maximum atomic E-state index is 13.5. The lowest BCUT2D eigenvalue weighted by atomic mass is 9.93. The van der Waals surface area contributed by atoms with Crippen LogP contribution >= 0.6 is 11.3 Å². The van der Waals surface area contributed by atoms with Gasteiger partial charge in [0.05, 0.1) is 7.11 Å². The second-order valence-electron chi connectivity index (χ2n) is 9.12. The van der Waals surface area contributed by atoms with Crippen LogP contribution in [0.3, 0.4) is 0 Å². The monoisotopic (exact) mass is 524 g/mol. The average molecular weight is 525 g/mol. The van der Waals surface area contributed by atoms with Gasteiger partial charge >= 0.3 is 0 Å². The van der Waals surface area contributed by atoms with Crippen molar-refractivity contribution in [2.24, 2.45) is 5.73 Å². The molecule has 196 valence electrons. The van der Waals surface area contributed by atoms with Gasteiger partial charge in [0.1, 0.15) is 17.6 Å². The molecule has 2 heterocycles. The first kappa shape index (κ1) is 26.8. The van der Waals surface area contributed by atoms with Crippen LogP contribution in [-0.2, 0) is 17.9 Å². The van der Waals surface area contributed by atoms with Gasteiger partial charge in [0.15, 0.2) is 0 Å². The maximum absolute atomic E-state index is 13.5. The molecule has 1 aliphatic rings. The van der Waals surface area contributed by atoms with Gasteiger partial charge in [0.25, 0.3) is 5.91 Å². The Morgan fingerprint density at radius 3 is 2.68 bits per heavy atom. The molecule has 37 heavy (non-hydrogen) atoms. The molecule has 0 saturated carbocycles. The summed E-state index contributed by atoms with van der Waals surface area (Å²) in [6, 6.07) is 17.0. The van der Waals surface area contributed by atoms with Crippen LogP contribution in [-0.4, -0.2) is 60.4 Å². The van der Waals surface area contributed by atoms with Crippen molar-refractivity contribution < 1.29 is 18.7 Å². The number of nitrogens with one attached hydrogen (secondary N) is 1. The number of likely N-dealkylation sites (tertiary alicyclic amines) is 1. The number of carbonyl (C=O) groups is 2. The van der Waals surface area contributed by atoms with E-state index in [-0.39, 0.29) is 23.7 Å². The van der Waals surface area contributed by atoms with Crippen LogP contribution in [0.1, 0.15) is 33.6 Å². The number of hydrogen-bond donors (Lipinski definition) is 2. The first-order chi connectivity index (χ1) is 18.0. The Morgan fingerprint density at radius 2 is 1.97 bits per heavy atom. The van der Waals surface area contributed by atoms with Crippen LogP contribution in [0.2, 0.25) is 0 Å². The molecule has 0 bridgehead atoms. The summed E-state index contributed by atoms with van der Waals surface area (Å²) in [5, 5.41) is 4.93. The van der Waals surface area contributed by atoms with E-state index in [1.54, 1.807) is 59.7 Å². The molecule has 2 atom stereocenters. The highest BCUT2D eigenvalue weighted by Crippen LogP contribution is 2.28. The largest absolute Gasteiger partial charge is 0.497 e. The van der Waals surface area contributed by atoms with Gasteiger partial charge in [0.2, 0.25) is 5.91 Å². The third kappa shape index (κ3) is 6.94. The minimum absolute atomic E-state index is 0.0511. The molecule has 3 aromatic rings. The molecule has 1 saturated heterocycles. The van der Waals surface area contributed by atoms with Crippen LogP contribution in [0.4, 0.5) is 4.39 Å². The van der Waals surface area contributed by atoms with Crippen LogP contribution < -0.4 is 15.8 Å². The number of ether oxygens (including phenoxy) is 1. The number of rotatable bonds is 10. The molecular formula is C28H33FN4O3S. The second-order valence-corrected chi connectivity index (χ2v) is 10.1. The SMILES string of the molecule is COc1cccc(C(=O)N2CCC(N(Cc3ccc(F)cc3)Cc3cccs3)C[C@@H]2C(=O)NCCN)c1. The molecule has 9 heteroatoms. The lowest BCUT2D eigenvalue weighted by Gasteiger charge is -2.43. The van der Waals surface area contributed by atoms with E-state index in [9.17, 15) is 14.0 Å². The van der Waals surface area contributed by atoms with Crippen molar-refractivity contribution in [3.05, 3.63) is 87.9 Å². The fourth-order valence-electron chi connectivity index (χ4n) is 4.75. The highest BCUT2D eigenvalue weighted by molar-refractivity contribution is 7.09. The summed E-state index contributed by atoms with van der Waals surface area (Å²) < 4.78 is 18.8. The smallest absolute Gasteiger partial charge is 0.254 e. The van der Waals surface area contributed by atoms with Crippen molar-refractivity contribution in [1.29, 1.82) is 0 Å². The topological polar surface area (TPSA) is 87.9 Å². The first-order valence-electron chi connectivity index (χ1n) is 12.4. The zero-order chi connectivity index (χ0) is 26.2. The van der Waals surface area contributed by atoms with Gasteiger partial charge in [0, 0.05) is 49.2 Å². The van der Waals surface area contributed by atoms with Crippen molar-refractivity contribution >= 4 is 23.2 Å². The normalized spacial score (nSPS) is 17.6. The summed E-state index contributed by atoms with van der Waals surface area (Å²) in [5.74, 6) is -0.0845. The van der Waals surface area contributed by atoms with Gasteiger partial charge in [-0.05, 0) is 60.2 Å². The summed E-state index contributed by atoms with van der Waals surface area (Å²) in [7, 11) is 1.56. The predicted molar refractivity (Wildman–Crippen MR) is 143 cm³/mol. The first-order valence-corrected chi connectivity index (χ1v) is 13.3. The molecule has 7 nitrogen and oxygen atoms in total. The summed E-state index contributed by atoms with van der Waals surface area (Å²) in [6.07, 6.45) is 1.20. The number of benzene rings is 2. The fraction of sp³-hybridized carbons (Fsp3) is 0.357. The van der Waals surface area contributed by atoms with E-state index in [2.05, 4.69) is 16.3 Å². The Hall–Kier alpha value is -3.27. The van der Waals surface area contributed by atoms with Gasteiger partial charge in [-0.15, -0.1) is 11.3 Å². The predicted octanol–water partition coefficient (Wildman–Crippen LogP) is 3.65. The van der Waals surface area contributed by atoms with E-state index in [1.165, 1.54) is 17.0 Å². The maximum Gasteiger partial charge on any atom is 0.254 e. The fourth-order valence-corrected chi connectivity index (χ4v) is 5.48. The quantitative estimate of drug-likeness (QED) is 0.423. The molecular weight excluding hydrogens is 491 g/mol. The number of thiophene rings is 1. The molecule has 0 radical (unpaired) electrons. The van der Waals surface area contributed by atoms with Crippen molar-refractivity contribution in [3.8, 4) is 5.75 Å². The number of hydrogen-bond acceptors (Lipinski definition) is 6. The van der Waals surface area contributed by atoms with Gasteiger partial charge < -0.3 is 20.7 Å². The van der Waals surface area contributed by atoms with Gasteiger partial charge in [-0.1, -0.05) is 24.3 Å². The van der Waals surface area contributed by atoms with Crippen LogP contribution in [0.25, 0.3) is 0 Å². The van der Waals surface area contributed by atoms with E-state index in [0.29, 0.717) is 56.9 Å². The van der Waals surface area contributed by atoms with E-state index < -0.39 is 6.04 Å². The molecule has 3 N–H and O–H groups in total. The Bertz CT molecular complexity index is 1170. The zero-order valence-corrected chi connectivity index (χ0v) is 21.8. The highest BCUT2D eigenvalue weighted by Gasteiger charge is 2.38. The summed E-state index contributed by atoms with van der Waals surface area (Å²) in [5.41, 5.74) is 7.11. The Morgan fingerprint density at radius 1 is 1.16 bits per heavy atom. The molecule has 2 amide bonds. The standard InChI is InChI=1S/C28H33FN4O3S/c1-36-24-5-2-4-21(16-24)28(35)33-14-11-23(17-26(33)27(34)31-13-12-30)32(19-25-6-3-15-37-25)18-20-7-9-22(29)10-8-20/h2-10,15-16,23,26H,11-14,17-19,30H2,1H3,(H,31,34)/t23?,26-/m1/s1. The van der Waals surface area contributed by atoms with Crippen LogP contribution in [0.5, 0.6) is 5.75 Å². The van der Waals surface area contributed by atoms with Crippen molar-refractivity contribution in [1.82, 2.24) is 15.1 Å². The Labute approximate surface area is 221 Å². The summed E-state index contributed by atoms with van der Waals surface area (Å²) in [6.45, 7) is 2.42. The Kier molecular flexibility index (Phi) is 9.27. The molecule has 4 rings (SSSR count). The third-order valence-electron chi connectivity index (χ3n) is 6.65. The minimum atomic E-state index is -0.636. The number of methoxy groups -OCH3 is 1. The van der Waals surface area contributed by atoms with Crippen molar-refractivity contribution in [2.75, 3.05) is 26.7 Å². The summed E-state index contributed by atoms with van der Waals surface area (Å²) in [4.78, 5) is 32.0. The lowest BCUT2D eigenvalue weighted by Crippen LogP contribution is -2.57. The lowest BCUT2D eigenvalue weighted by molar-refractivity contribution is -0.127. The zero-order valence-electron chi connectivity index (χ0n) is 20.9. The van der Waals surface area contributed by atoms with Gasteiger partial charge in [-0.25, -0.2) is 4.39 Å². The Balaban J connectivity index is 1.58. The van der Waals surface area contributed by atoms with E-state index in [0.717, 1.165) is 5.56 Å². The molecule has 1 unspecified atom stereocenters. The highest BCUT2D eigenvalue weighted by atomic mass is 32.1. The van der Waals surface area contributed by atoms with Gasteiger partial charge in [-0.3, -0.25) is 14.5 Å². The molecule has 1 aliphatic heterocycles. The summed E-state index contributed by atoms with van der Waals surface area (Å²) >= 11 is 1.68. The number of halogens is 1. The molecule has 1 fully saturated rings. The number of nitrogens with two attached hydrogens (primary N) is 1. The minimum Gasteiger partial charge on any atom is -0.497 e. The third-order valence-corrected chi connectivity index (χ3v) is 7.51. The average Bonchev–Trinajstić information content (AvgIpc) is 3.45. The molecule has 0 aliphatic carbocycles. The van der Waals surface area contributed by atoms with Crippen LogP contribution in [0, 0.1) is 5.82 Å². The number of carbonyl (C=O) groups excluding carboxylic acids is 2. The van der Waals surface area contributed by atoms with Crippen molar-refractivity contribution in [2.45, 2.75) is 38.0 Å². The molecule has 1 aromatic heterocycles. The van der Waals surface area contributed by atoms with Crippen LogP contribution in [0.15, 0.2) is 66.0 Å². The number of nitrogens with zero attached hydrogens (tertiary/aromatic N) is 2. The number of amides is 2.